The summed E-state index contributed by atoms with van der Waals surface area (Å²) >= 11 is 0. The van der Waals surface area contributed by atoms with Crippen molar-refractivity contribution in [1.29, 1.82) is 0 Å². The molecule has 1 N–H and O–H groups in total. The van der Waals surface area contributed by atoms with E-state index in [1.165, 1.54) is 18.2 Å². The molecule has 0 bridgehead atoms. The van der Waals surface area contributed by atoms with Crippen molar-refractivity contribution in [3.63, 3.8) is 0 Å². The Hall–Kier alpha value is -2.81. The number of halogens is 2. The molecule has 1 heterocycles. The van der Waals surface area contributed by atoms with Crippen LogP contribution < -0.4 is 4.74 Å². The molecule has 34 heavy (non-hydrogen) atoms. The van der Waals surface area contributed by atoms with Crippen molar-refractivity contribution in [2.45, 2.75) is 59.4 Å². The molecule has 6 nitrogen and oxygen atoms in total. The molecule has 1 aromatic heterocycles. The van der Waals surface area contributed by atoms with Gasteiger partial charge in [-0.25, -0.2) is 13.5 Å². The van der Waals surface area contributed by atoms with Gasteiger partial charge in [0.05, 0.1) is 35.8 Å². The molecule has 3 aromatic rings. The first-order valence-electron chi connectivity index (χ1n) is 11.5. The van der Waals surface area contributed by atoms with Crippen LogP contribution in [0.25, 0.3) is 5.69 Å². The van der Waals surface area contributed by atoms with Crippen LogP contribution in [0.2, 0.25) is 0 Å². The number of aromatic nitrogens is 2. The molecule has 0 aliphatic carbocycles. The van der Waals surface area contributed by atoms with Gasteiger partial charge in [-0.05, 0) is 71.0 Å². The van der Waals surface area contributed by atoms with Crippen LogP contribution in [0, 0.1) is 18.6 Å². The van der Waals surface area contributed by atoms with Crippen LogP contribution in [0.5, 0.6) is 11.6 Å². The van der Waals surface area contributed by atoms with Crippen molar-refractivity contribution in [2.24, 2.45) is 0 Å². The number of nitrogens with zero attached hydrogens (tertiary/aromatic N) is 3. The highest BCUT2D eigenvalue weighted by molar-refractivity contribution is 5.43. The van der Waals surface area contributed by atoms with Gasteiger partial charge in [0.15, 0.2) is 11.6 Å². The first-order valence-corrected chi connectivity index (χ1v) is 11.5. The normalized spacial score (nSPS) is 12.7. The van der Waals surface area contributed by atoms with E-state index in [0.717, 1.165) is 5.56 Å². The fourth-order valence-corrected chi connectivity index (χ4v) is 3.50. The fraction of sp³-hybridized carbons (Fsp3) is 0.423. The van der Waals surface area contributed by atoms with E-state index in [4.69, 9.17) is 9.47 Å². The Kier molecular flexibility index (Phi) is 8.77. The molecular formula is C26H33F2N3O3. The second-order valence-electron chi connectivity index (χ2n) is 8.85. The Morgan fingerprint density at radius 2 is 1.71 bits per heavy atom. The van der Waals surface area contributed by atoms with E-state index in [9.17, 15) is 13.9 Å². The predicted octanol–water partition coefficient (Wildman–Crippen LogP) is 5.25. The maximum absolute atomic E-state index is 14.5. The Balaban J connectivity index is 1.97. The van der Waals surface area contributed by atoms with Gasteiger partial charge in [-0.1, -0.05) is 12.1 Å². The lowest BCUT2D eigenvalue weighted by atomic mass is 10.2. The second-order valence-corrected chi connectivity index (χ2v) is 8.85. The van der Waals surface area contributed by atoms with Gasteiger partial charge in [0.2, 0.25) is 5.88 Å². The van der Waals surface area contributed by atoms with Crippen molar-refractivity contribution in [3.8, 4) is 17.3 Å². The van der Waals surface area contributed by atoms with Crippen LogP contribution >= 0.6 is 0 Å². The standard InChI is InChI=1S/C26H33F2N3O3/c1-17(2)30(14-22(32)16-33-18(3)4)15-23-19(5)29-31(21-12-10-20(27)11-13-21)26(23)34-25-9-7-6-8-24(25)28/h6-13,17-18,22,32H,14-16H2,1-5H3/t22-/m1/s1. The molecule has 0 radical (unpaired) electrons. The summed E-state index contributed by atoms with van der Waals surface area (Å²) < 4.78 is 41.1. The number of aryl methyl sites for hydroxylation is 1. The highest BCUT2D eigenvalue weighted by Crippen LogP contribution is 2.33. The number of ether oxygens (including phenoxy) is 2. The van der Waals surface area contributed by atoms with Crippen LogP contribution in [-0.2, 0) is 11.3 Å². The fourth-order valence-electron chi connectivity index (χ4n) is 3.50. The smallest absolute Gasteiger partial charge is 0.227 e. The number of para-hydroxylation sites is 1. The highest BCUT2D eigenvalue weighted by atomic mass is 19.1. The Bertz CT molecular complexity index is 1070. The van der Waals surface area contributed by atoms with E-state index < -0.39 is 11.9 Å². The van der Waals surface area contributed by atoms with Crippen molar-refractivity contribution >= 4 is 0 Å². The minimum atomic E-state index is -0.673. The minimum Gasteiger partial charge on any atom is -0.435 e. The number of aliphatic hydroxyl groups is 1. The molecule has 0 fully saturated rings. The maximum atomic E-state index is 14.5. The summed E-state index contributed by atoms with van der Waals surface area (Å²) in [6.07, 6.45) is -0.646. The van der Waals surface area contributed by atoms with Crippen LogP contribution in [-0.4, -0.2) is 51.2 Å². The van der Waals surface area contributed by atoms with E-state index in [2.05, 4.69) is 10.00 Å². The van der Waals surface area contributed by atoms with Crippen molar-refractivity contribution < 1.29 is 23.4 Å². The summed E-state index contributed by atoms with van der Waals surface area (Å²) in [7, 11) is 0. The van der Waals surface area contributed by atoms with Crippen LogP contribution in [0.1, 0.15) is 39.0 Å². The highest BCUT2D eigenvalue weighted by Gasteiger charge is 2.24. The topological polar surface area (TPSA) is 59.8 Å². The molecule has 0 aliphatic heterocycles. The number of aliphatic hydroxyl groups excluding tert-OH is 1. The third-order valence-electron chi connectivity index (χ3n) is 5.41. The molecule has 2 aromatic carbocycles. The van der Waals surface area contributed by atoms with Crippen molar-refractivity contribution in [1.82, 2.24) is 14.7 Å². The van der Waals surface area contributed by atoms with Gasteiger partial charge in [-0.15, -0.1) is 0 Å². The minimum absolute atomic E-state index is 0.0270. The molecule has 0 amide bonds. The van der Waals surface area contributed by atoms with Gasteiger partial charge in [0.1, 0.15) is 5.82 Å². The number of benzene rings is 2. The van der Waals surface area contributed by atoms with E-state index in [1.54, 1.807) is 35.0 Å². The molecule has 0 unspecified atom stereocenters. The molecule has 0 saturated heterocycles. The van der Waals surface area contributed by atoms with E-state index in [1.807, 2.05) is 34.6 Å². The molecule has 8 heteroatoms. The summed E-state index contributed by atoms with van der Waals surface area (Å²) in [5.41, 5.74) is 2.02. The monoisotopic (exact) mass is 473 g/mol. The van der Waals surface area contributed by atoms with E-state index >= 15 is 0 Å². The largest absolute Gasteiger partial charge is 0.435 e. The quantitative estimate of drug-likeness (QED) is 0.412. The molecule has 184 valence electrons. The third-order valence-corrected chi connectivity index (χ3v) is 5.41. The number of rotatable bonds is 11. The molecule has 3 rings (SSSR count). The second kappa shape index (κ2) is 11.6. The van der Waals surface area contributed by atoms with Gasteiger partial charge in [0.25, 0.3) is 0 Å². The summed E-state index contributed by atoms with van der Waals surface area (Å²) in [5.74, 6) is -0.464. The Morgan fingerprint density at radius 1 is 1.03 bits per heavy atom. The maximum Gasteiger partial charge on any atom is 0.227 e. The zero-order valence-corrected chi connectivity index (χ0v) is 20.3. The van der Waals surface area contributed by atoms with Gasteiger partial charge < -0.3 is 14.6 Å². The first kappa shape index (κ1) is 25.8. The average molecular weight is 474 g/mol. The molecule has 1 atom stereocenters. The summed E-state index contributed by atoms with van der Waals surface area (Å²) in [6.45, 7) is 10.8. The van der Waals surface area contributed by atoms with E-state index in [0.29, 0.717) is 30.4 Å². The Labute approximate surface area is 199 Å². The lowest BCUT2D eigenvalue weighted by molar-refractivity contribution is -0.0137. The summed E-state index contributed by atoms with van der Waals surface area (Å²) in [5, 5.41) is 15.1. The number of hydrogen-bond donors (Lipinski definition) is 1. The van der Waals surface area contributed by atoms with Crippen LogP contribution in [0.4, 0.5) is 8.78 Å². The van der Waals surface area contributed by atoms with Gasteiger partial charge in [0, 0.05) is 19.1 Å². The van der Waals surface area contributed by atoms with Crippen LogP contribution in [0.3, 0.4) is 0 Å². The van der Waals surface area contributed by atoms with Gasteiger partial charge >= 0.3 is 0 Å². The number of hydrogen-bond acceptors (Lipinski definition) is 5. The molecular weight excluding hydrogens is 440 g/mol. The third kappa shape index (κ3) is 6.62. The summed E-state index contributed by atoms with van der Waals surface area (Å²) in [6, 6.07) is 12.1. The predicted molar refractivity (Wildman–Crippen MR) is 127 cm³/mol. The molecule has 0 aliphatic rings. The first-order chi connectivity index (χ1) is 16.2. The Morgan fingerprint density at radius 3 is 2.32 bits per heavy atom. The lowest BCUT2D eigenvalue weighted by Gasteiger charge is -2.29. The van der Waals surface area contributed by atoms with Gasteiger partial charge in [-0.2, -0.15) is 5.10 Å². The summed E-state index contributed by atoms with van der Waals surface area (Å²) in [4.78, 5) is 2.08. The molecule has 0 saturated carbocycles. The van der Waals surface area contributed by atoms with E-state index in [-0.39, 0.29) is 30.3 Å². The van der Waals surface area contributed by atoms with Crippen molar-refractivity contribution in [3.05, 3.63) is 71.4 Å². The SMILES string of the molecule is Cc1nn(-c2ccc(F)cc2)c(Oc2ccccc2F)c1CN(C[C@@H](O)COC(C)C)C(C)C. The van der Waals surface area contributed by atoms with Gasteiger partial charge in [-0.3, -0.25) is 4.90 Å². The zero-order valence-electron chi connectivity index (χ0n) is 20.3. The molecule has 0 spiro atoms. The van der Waals surface area contributed by atoms with Crippen LogP contribution in [0.15, 0.2) is 48.5 Å². The zero-order chi connectivity index (χ0) is 24.8. The average Bonchev–Trinajstić information content (AvgIpc) is 3.09. The lowest BCUT2D eigenvalue weighted by Crippen LogP contribution is -2.39. The van der Waals surface area contributed by atoms with Crippen molar-refractivity contribution in [2.75, 3.05) is 13.2 Å².